The second-order valence-corrected chi connectivity index (χ2v) is 4.81. The van der Waals surface area contributed by atoms with E-state index in [0.717, 1.165) is 12.8 Å². The number of thioether (sulfide) groups is 1. The Morgan fingerprint density at radius 1 is 1.33 bits per heavy atom. The number of aliphatic hydroxyl groups is 1. The third-order valence-electron chi connectivity index (χ3n) is 3.09. The number of hydrogen-bond acceptors (Lipinski definition) is 7. The van der Waals surface area contributed by atoms with Gasteiger partial charge in [0.1, 0.15) is 11.6 Å². The van der Waals surface area contributed by atoms with Crippen LogP contribution >= 0.6 is 11.8 Å². The van der Waals surface area contributed by atoms with Gasteiger partial charge < -0.3 is 15.8 Å². The first kappa shape index (κ1) is 15.0. The number of hydrogen-bond donors (Lipinski definition) is 4. The average molecular weight is 271 g/mol. The van der Waals surface area contributed by atoms with Crippen LogP contribution in [-0.4, -0.2) is 33.5 Å². The molecule has 0 saturated carbocycles. The third-order valence-corrected chi connectivity index (χ3v) is 3.63. The smallest absolute Gasteiger partial charge is 0.191 e. The molecule has 0 fully saturated rings. The average Bonchev–Trinajstić information content (AvgIpc) is 2.44. The number of aromatic nitrogens is 2. The van der Waals surface area contributed by atoms with Crippen LogP contribution in [0.2, 0.25) is 0 Å². The number of rotatable bonds is 7. The highest BCUT2D eigenvalue weighted by Crippen LogP contribution is 2.23. The number of nitrogens with zero attached hydrogens (tertiary/aromatic N) is 2. The van der Waals surface area contributed by atoms with E-state index in [4.69, 9.17) is 5.84 Å². The topological polar surface area (TPSA) is 96.1 Å². The van der Waals surface area contributed by atoms with Gasteiger partial charge >= 0.3 is 0 Å². The van der Waals surface area contributed by atoms with Crippen LogP contribution in [0.25, 0.3) is 0 Å². The van der Waals surface area contributed by atoms with Crippen LogP contribution in [0.3, 0.4) is 0 Å². The molecule has 18 heavy (non-hydrogen) atoms. The van der Waals surface area contributed by atoms with E-state index in [1.54, 1.807) is 6.07 Å². The van der Waals surface area contributed by atoms with E-state index in [9.17, 15) is 5.11 Å². The molecule has 1 rings (SSSR count). The maximum atomic E-state index is 9.54. The first-order valence-corrected chi connectivity index (χ1v) is 7.14. The Morgan fingerprint density at radius 3 is 2.39 bits per heavy atom. The van der Waals surface area contributed by atoms with Gasteiger partial charge in [0.2, 0.25) is 0 Å². The first-order valence-electron chi connectivity index (χ1n) is 5.91. The van der Waals surface area contributed by atoms with E-state index in [0.29, 0.717) is 16.8 Å². The Balaban J connectivity index is 3.01. The number of aliphatic hydroxyl groups excluding tert-OH is 1. The van der Waals surface area contributed by atoms with Crippen LogP contribution in [0.15, 0.2) is 11.2 Å². The van der Waals surface area contributed by atoms with Crippen molar-refractivity contribution in [2.45, 2.75) is 37.4 Å². The van der Waals surface area contributed by atoms with Gasteiger partial charge in [0, 0.05) is 6.07 Å². The monoisotopic (exact) mass is 271 g/mol. The summed E-state index contributed by atoms with van der Waals surface area (Å²) in [4.78, 5) is 8.55. The van der Waals surface area contributed by atoms with Crippen LogP contribution in [0.4, 0.5) is 11.6 Å². The molecule has 7 heteroatoms. The molecule has 0 aliphatic heterocycles. The summed E-state index contributed by atoms with van der Waals surface area (Å²) in [7, 11) is 0. The van der Waals surface area contributed by atoms with Crippen LogP contribution < -0.4 is 16.6 Å². The lowest BCUT2D eigenvalue weighted by atomic mass is 9.94. The van der Waals surface area contributed by atoms with Gasteiger partial charge in [0.05, 0.1) is 12.1 Å². The molecule has 0 aromatic carbocycles. The minimum atomic E-state index is -0.351. The molecular weight excluding hydrogens is 250 g/mol. The molecule has 102 valence electrons. The van der Waals surface area contributed by atoms with Gasteiger partial charge in [-0.2, -0.15) is 0 Å². The zero-order valence-corrected chi connectivity index (χ0v) is 11.8. The summed E-state index contributed by atoms with van der Waals surface area (Å²) < 4.78 is 0. The van der Waals surface area contributed by atoms with E-state index in [1.165, 1.54) is 11.8 Å². The predicted octanol–water partition coefficient (Wildman–Crippen LogP) is 1.45. The lowest BCUT2D eigenvalue weighted by Gasteiger charge is -2.31. The fourth-order valence-corrected chi connectivity index (χ4v) is 2.00. The molecule has 0 spiro atoms. The van der Waals surface area contributed by atoms with Crippen molar-refractivity contribution in [3.05, 3.63) is 6.07 Å². The molecule has 0 saturated heterocycles. The number of nitrogens with one attached hydrogen (secondary N) is 2. The second-order valence-electron chi connectivity index (χ2n) is 4.04. The standard InChI is InChI=1S/C11H21N5OS/c1-4-11(5-2,7-17)15-8-6-9(16-12)14-10(13-8)18-3/h6,17H,4-5,7,12H2,1-3H3,(H2,13,14,15,16). The molecule has 0 aliphatic rings. The molecule has 5 N–H and O–H groups in total. The van der Waals surface area contributed by atoms with Crippen LogP contribution in [0.5, 0.6) is 0 Å². The van der Waals surface area contributed by atoms with Crippen molar-refractivity contribution in [2.75, 3.05) is 23.6 Å². The zero-order chi connectivity index (χ0) is 13.6. The van der Waals surface area contributed by atoms with Crippen LogP contribution in [0, 0.1) is 0 Å². The van der Waals surface area contributed by atoms with Gasteiger partial charge in [-0.3, -0.25) is 0 Å². The van der Waals surface area contributed by atoms with Crippen molar-refractivity contribution in [3.63, 3.8) is 0 Å². The van der Waals surface area contributed by atoms with Gasteiger partial charge in [-0.05, 0) is 19.1 Å². The summed E-state index contributed by atoms with van der Waals surface area (Å²) in [5.41, 5.74) is 2.16. The molecule has 0 radical (unpaired) electrons. The van der Waals surface area contributed by atoms with E-state index in [1.807, 2.05) is 20.1 Å². The minimum absolute atomic E-state index is 0.0595. The Hall–Kier alpha value is -1.05. The van der Waals surface area contributed by atoms with Crippen LogP contribution in [-0.2, 0) is 0 Å². The second kappa shape index (κ2) is 6.77. The van der Waals surface area contributed by atoms with Crippen molar-refractivity contribution in [2.24, 2.45) is 5.84 Å². The molecule has 0 atom stereocenters. The quantitative estimate of drug-likeness (QED) is 0.258. The van der Waals surface area contributed by atoms with Crippen molar-refractivity contribution >= 4 is 23.4 Å². The van der Waals surface area contributed by atoms with Crippen molar-refractivity contribution in [3.8, 4) is 0 Å². The van der Waals surface area contributed by atoms with Gasteiger partial charge in [-0.15, -0.1) is 0 Å². The Labute approximate surface area is 112 Å². The maximum absolute atomic E-state index is 9.54. The molecule has 0 bridgehead atoms. The van der Waals surface area contributed by atoms with E-state index in [2.05, 4.69) is 20.7 Å². The lowest BCUT2D eigenvalue weighted by Crippen LogP contribution is -2.41. The van der Waals surface area contributed by atoms with E-state index < -0.39 is 0 Å². The highest BCUT2D eigenvalue weighted by atomic mass is 32.2. The summed E-state index contributed by atoms with van der Waals surface area (Å²) in [6.07, 6.45) is 3.52. The fraction of sp³-hybridized carbons (Fsp3) is 0.636. The van der Waals surface area contributed by atoms with Gasteiger partial charge in [-0.25, -0.2) is 15.8 Å². The summed E-state index contributed by atoms with van der Waals surface area (Å²) in [5.74, 6) is 6.60. The van der Waals surface area contributed by atoms with Gasteiger partial charge in [0.25, 0.3) is 0 Å². The highest BCUT2D eigenvalue weighted by Gasteiger charge is 2.25. The number of anilines is 2. The number of nitrogen functional groups attached to an aromatic ring is 1. The lowest BCUT2D eigenvalue weighted by molar-refractivity contribution is 0.202. The maximum Gasteiger partial charge on any atom is 0.191 e. The van der Waals surface area contributed by atoms with Crippen molar-refractivity contribution < 1.29 is 5.11 Å². The molecule has 1 aromatic heterocycles. The summed E-state index contributed by atoms with van der Waals surface area (Å²) in [6, 6.07) is 1.73. The van der Waals surface area contributed by atoms with Gasteiger partial charge in [-0.1, -0.05) is 25.6 Å². The molecule has 6 nitrogen and oxygen atoms in total. The largest absolute Gasteiger partial charge is 0.394 e. The Kier molecular flexibility index (Phi) is 5.64. The zero-order valence-electron chi connectivity index (χ0n) is 11.0. The third kappa shape index (κ3) is 3.47. The molecule has 0 aliphatic carbocycles. The fourth-order valence-electron chi connectivity index (χ4n) is 1.62. The molecule has 0 unspecified atom stereocenters. The first-order chi connectivity index (χ1) is 8.62. The number of hydrazine groups is 1. The molecule has 1 aromatic rings. The minimum Gasteiger partial charge on any atom is -0.394 e. The van der Waals surface area contributed by atoms with E-state index >= 15 is 0 Å². The Bertz CT molecular complexity index is 353. The molecule has 0 amide bonds. The molecular formula is C11H21N5OS. The summed E-state index contributed by atoms with van der Waals surface area (Å²) >= 11 is 1.44. The normalized spacial score (nSPS) is 11.4. The van der Waals surface area contributed by atoms with Gasteiger partial charge in [0.15, 0.2) is 5.16 Å². The van der Waals surface area contributed by atoms with Crippen molar-refractivity contribution in [1.29, 1.82) is 0 Å². The molecule has 1 heterocycles. The van der Waals surface area contributed by atoms with E-state index in [-0.39, 0.29) is 12.1 Å². The highest BCUT2D eigenvalue weighted by molar-refractivity contribution is 7.98. The number of nitrogens with two attached hydrogens (primary N) is 1. The SMILES string of the molecule is CCC(CC)(CO)Nc1cc(NN)nc(SC)n1. The summed E-state index contributed by atoms with van der Waals surface area (Å²) in [6.45, 7) is 4.13. The predicted molar refractivity (Wildman–Crippen MR) is 75.6 cm³/mol. The van der Waals surface area contributed by atoms with Crippen molar-refractivity contribution in [1.82, 2.24) is 9.97 Å². The van der Waals surface area contributed by atoms with Crippen LogP contribution in [0.1, 0.15) is 26.7 Å². The summed E-state index contributed by atoms with van der Waals surface area (Å²) in [5, 5.41) is 13.5. The Morgan fingerprint density at radius 2 is 1.94 bits per heavy atom.